The Morgan fingerprint density at radius 2 is 1.01 bits per heavy atom. The minimum Gasteiger partial charge on any atom is -0.383 e. The number of rotatable bonds is 37. The molecular formula is C44H74N8O15S2. The Balaban J connectivity index is 0.000000699. The highest BCUT2D eigenvalue weighted by Gasteiger charge is 2.34. The smallest absolute Gasteiger partial charge is 0.343 e. The number of nitrogens with one attached hydrogen (secondary N) is 2. The molecule has 2 aliphatic heterocycles. The molecule has 2 heterocycles. The van der Waals surface area contributed by atoms with Gasteiger partial charge >= 0.3 is 11.9 Å². The summed E-state index contributed by atoms with van der Waals surface area (Å²) < 4.78 is 10.4. The van der Waals surface area contributed by atoms with Gasteiger partial charge in [-0.2, -0.15) is 0 Å². The van der Waals surface area contributed by atoms with Gasteiger partial charge in [-0.25, -0.2) is 9.59 Å². The number of imide groups is 2. The Morgan fingerprint density at radius 3 is 1.48 bits per heavy atom. The van der Waals surface area contributed by atoms with E-state index in [0.717, 1.165) is 55.6 Å². The molecule has 0 aromatic heterocycles. The molecule has 0 radical (unpaired) electrons. The van der Waals surface area contributed by atoms with Gasteiger partial charge in [0.25, 0.3) is 23.6 Å². The molecule has 0 spiro atoms. The van der Waals surface area contributed by atoms with Crippen LogP contribution in [0, 0.1) is 0 Å². The molecule has 25 heteroatoms. The number of hydroxylamine groups is 4. The molecule has 23 nitrogen and oxygen atoms in total. The zero-order chi connectivity index (χ0) is 51.4. The fourth-order valence-electron chi connectivity index (χ4n) is 6.31. The Labute approximate surface area is 412 Å². The predicted octanol–water partition coefficient (Wildman–Crippen LogP) is 0.744. The Bertz CT molecular complexity index is 1570. The van der Waals surface area contributed by atoms with Crippen LogP contribution in [-0.2, 0) is 71.9 Å². The van der Waals surface area contributed by atoms with E-state index in [2.05, 4.69) is 20.3 Å². The summed E-state index contributed by atoms with van der Waals surface area (Å²) in [5.74, 6) is -5.09. The summed E-state index contributed by atoms with van der Waals surface area (Å²) in [7, 11) is 1.55. The summed E-state index contributed by atoms with van der Waals surface area (Å²) in [4.78, 5) is 139. The first-order valence-electron chi connectivity index (χ1n) is 23.6. The zero-order valence-corrected chi connectivity index (χ0v) is 41.5. The number of ketones is 1. The van der Waals surface area contributed by atoms with Crippen molar-refractivity contribution in [2.45, 2.75) is 153 Å². The number of ether oxygens (including phenoxy) is 2. The van der Waals surface area contributed by atoms with Crippen LogP contribution in [0.1, 0.15) is 135 Å². The van der Waals surface area contributed by atoms with E-state index in [-0.39, 0.29) is 77.9 Å². The second-order valence-corrected chi connectivity index (χ2v) is 18.2. The van der Waals surface area contributed by atoms with Gasteiger partial charge in [0.05, 0.1) is 18.7 Å². The van der Waals surface area contributed by atoms with Gasteiger partial charge < -0.3 is 52.7 Å². The number of nitrogens with zero attached hydrogens (tertiary/aromatic N) is 2. The van der Waals surface area contributed by atoms with Crippen molar-refractivity contribution >= 4 is 86.9 Å². The second kappa shape index (κ2) is 38.4. The number of carbonyl (C=O) groups excluding carboxylic acids is 11. The van der Waals surface area contributed by atoms with E-state index in [1.54, 1.807) is 7.11 Å². The maximum Gasteiger partial charge on any atom is 0.343 e. The van der Waals surface area contributed by atoms with Crippen LogP contribution in [0.5, 0.6) is 0 Å². The van der Waals surface area contributed by atoms with Crippen molar-refractivity contribution in [3.05, 3.63) is 0 Å². The summed E-state index contributed by atoms with van der Waals surface area (Å²) in [6.45, 7) is 2.78. The fourth-order valence-corrected chi connectivity index (χ4v) is 7.55. The van der Waals surface area contributed by atoms with E-state index < -0.39 is 53.7 Å². The van der Waals surface area contributed by atoms with Crippen molar-refractivity contribution < 1.29 is 71.9 Å². The Morgan fingerprint density at radius 1 is 0.565 bits per heavy atom. The van der Waals surface area contributed by atoms with E-state index in [1.165, 1.54) is 0 Å². The molecule has 2 aliphatic rings. The first-order valence-corrected chi connectivity index (χ1v) is 25.5. The molecule has 2 saturated heterocycles. The average Bonchev–Trinajstić information content (AvgIpc) is 3.81. The molecule has 0 aromatic rings. The fraction of sp³-hybridized carbons (Fsp3) is 0.750. The highest BCUT2D eigenvalue weighted by molar-refractivity contribution is 8.14. The summed E-state index contributed by atoms with van der Waals surface area (Å²) in [5, 5.41) is 6.00. The normalized spacial score (nSPS) is 14.7. The van der Waals surface area contributed by atoms with Crippen molar-refractivity contribution in [1.29, 1.82) is 0 Å². The van der Waals surface area contributed by atoms with Crippen LogP contribution in [0.3, 0.4) is 0 Å². The van der Waals surface area contributed by atoms with Crippen LogP contribution in [0.2, 0.25) is 0 Å². The maximum absolute atomic E-state index is 12.5. The molecule has 0 aliphatic carbocycles. The minimum atomic E-state index is -0.836. The number of methoxy groups -OCH3 is 1. The average molecular weight is 1020 g/mol. The highest BCUT2D eigenvalue weighted by Crippen LogP contribution is 2.17. The lowest BCUT2D eigenvalue weighted by molar-refractivity contribution is -0.195. The van der Waals surface area contributed by atoms with Crippen LogP contribution in [0.25, 0.3) is 0 Å². The number of Topliss-reactive ketones (excluding diaryl/α,β-unsaturated/α-hetero) is 1. The maximum atomic E-state index is 12.5. The summed E-state index contributed by atoms with van der Waals surface area (Å²) in [5.41, 5.74) is 22.8. The summed E-state index contributed by atoms with van der Waals surface area (Å²) >= 11 is 1.53. The minimum absolute atomic E-state index is 0.00414. The lowest BCUT2D eigenvalue weighted by Crippen LogP contribution is -2.52. The lowest BCUT2D eigenvalue weighted by Gasteiger charge is -2.21. The first kappa shape index (κ1) is 62.6. The van der Waals surface area contributed by atoms with Crippen LogP contribution in [0.15, 0.2) is 0 Å². The van der Waals surface area contributed by atoms with E-state index in [9.17, 15) is 52.7 Å². The molecule has 0 aromatic carbocycles. The number of thioether (sulfide) groups is 2. The number of hydrogen-bond acceptors (Lipinski definition) is 21. The van der Waals surface area contributed by atoms with Gasteiger partial charge in [-0.05, 0) is 77.3 Å². The number of carbonyl (C=O) groups is 11. The van der Waals surface area contributed by atoms with Gasteiger partial charge in [0, 0.05) is 71.8 Å². The number of amides is 6. The van der Waals surface area contributed by atoms with Crippen LogP contribution in [0.4, 0.5) is 0 Å². The van der Waals surface area contributed by atoms with Crippen molar-refractivity contribution in [1.82, 2.24) is 20.8 Å². The predicted molar refractivity (Wildman–Crippen MR) is 254 cm³/mol. The monoisotopic (exact) mass is 1020 g/mol. The van der Waals surface area contributed by atoms with Gasteiger partial charge in [-0.3, -0.25) is 43.2 Å². The molecular weight excluding hydrogens is 945 g/mol. The van der Waals surface area contributed by atoms with Gasteiger partial charge in [-0.1, -0.05) is 49.2 Å². The van der Waals surface area contributed by atoms with Crippen molar-refractivity contribution in [3.63, 3.8) is 0 Å². The molecule has 0 bridgehead atoms. The zero-order valence-electron chi connectivity index (χ0n) is 39.9. The van der Waals surface area contributed by atoms with E-state index >= 15 is 0 Å². The van der Waals surface area contributed by atoms with Crippen LogP contribution in [-0.4, -0.2) is 150 Å². The molecule has 0 saturated carbocycles. The molecule has 2 fully saturated rings. The van der Waals surface area contributed by atoms with Crippen LogP contribution < -0.4 is 33.6 Å². The molecule has 6 amide bonds. The standard InChI is InChI=1S/C22H46N6O4.C22H28N2O11S2/c1-32-16-15-27-22(31)19(28-21(30)18(26)10-6-8-14-24)11-3-2-4-12-20(29)17(25)9-5-7-13-23;25-15-7-8-16(26)23(15)34-19(29)13-36-21(31)5-1-3-11-33-12-4-2-6-22(32)37-14-20(30)35-24-17(27)9-10-18(24)28/h17-19H,2-16,23-26H2,1H3,(H,27,31)(H,28,30);1-14H2. The number of unbranched alkanes of at least 4 members (excludes halogenated alkanes) is 6. The number of nitrogens with two attached hydrogens (primary N) is 4. The molecule has 69 heavy (non-hydrogen) atoms. The lowest BCUT2D eigenvalue weighted by atomic mass is 10.00. The topological polar surface area (TPSA) is 359 Å². The van der Waals surface area contributed by atoms with E-state index in [0.29, 0.717) is 114 Å². The van der Waals surface area contributed by atoms with E-state index in [1.807, 2.05) is 0 Å². The Hall–Kier alpha value is -4.37. The first-order chi connectivity index (χ1) is 33.0. The van der Waals surface area contributed by atoms with Crippen LogP contribution >= 0.6 is 23.5 Å². The Kier molecular flexibility index (Phi) is 34.9. The van der Waals surface area contributed by atoms with Gasteiger partial charge in [0.15, 0.2) is 10.2 Å². The molecule has 392 valence electrons. The molecule has 3 unspecified atom stereocenters. The van der Waals surface area contributed by atoms with Gasteiger partial charge in [-0.15, -0.1) is 10.1 Å². The van der Waals surface area contributed by atoms with Crippen molar-refractivity contribution in [2.75, 3.05) is 58.1 Å². The quantitative estimate of drug-likeness (QED) is 0.0369. The third-order valence-electron chi connectivity index (χ3n) is 10.3. The molecule has 2 rings (SSSR count). The summed E-state index contributed by atoms with van der Waals surface area (Å²) in [6.07, 6.45) is 10.4. The third kappa shape index (κ3) is 29.4. The largest absolute Gasteiger partial charge is 0.383 e. The van der Waals surface area contributed by atoms with E-state index in [4.69, 9.17) is 32.4 Å². The number of hydrogen-bond donors (Lipinski definition) is 6. The van der Waals surface area contributed by atoms with Gasteiger partial charge in [0.1, 0.15) is 23.3 Å². The van der Waals surface area contributed by atoms with Gasteiger partial charge in [0.2, 0.25) is 11.8 Å². The molecule has 10 N–H and O–H groups in total. The highest BCUT2D eigenvalue weighted by atomic mass is 32.2. The third-order valence-corrected chi connectivity index (χ3v) is 12.1. The SMILES string of the molecule is COCCNC(=O)C(CCCCCC(=O)C(N)CCCCN)NC(=O)C(N)CCCCN.O=C(CSC(=O)CCCCOCCCCC(=O)SCC(=O)ON1C(=O)CCC1=O)ON1C(=O)CCC1=O. The summed E-state index contributed by atoms with van der Waals surface area (Å²) in [6, 6.07) is -1.77. The second-order valence-electron chi connectivity index (χ2n) is 16.1. The molecule has 3 atom stereocenters. The van der Waals surface area contributed by atoms with Crippen molar-refractivity contribution in [3.8, 4) is 0 Å². The van der Waals surface area contributed by atoms with Crippen molar-refractivity contribution in [2.24, 2.45) is 22.9 Å².